The van der Waals surface area contributed by atoms with Crippen molar-refractivity contribution in [1.82, 2.24) is 9.80 Å². The van der Waals surface area contributed by atoms with Gasteiger partial charge in [-0.3, -0.25) is 0 Å². The number of rotatable bonds is 5. The van der Waals surface area contributed by atoms with E-state index in [1.165, 1.54) is 21.9 Å². The number of nitrogens with zero attached hydrogens (tertiary/aromatic N) is 2. The van der Waals surface area contributed by atoms with Gasteiger partial charge in [-0.25, -0.2) is 0 Å². The average molecular weight is 344 g/mol. The molecule has 0 amide bonds. The molecule has 0 bridgehead atoms. The van der Waals surface area contributed by atoms with Gasteiger partial charge >= 0.3 is 0 Å². The first-order valence-corrected chi connectivity index (χ1v) is 9.05. The van der Waals surface area contributed by atoms with Crippen molar-refractivity contribution < 1.29 is 4.74 Å². The molecule has 4 rings (SSSR count). The molecule has 1 heterocycles. The molecule has 3 aromatic rings. The van der Waals surface area contributed by atoms with Crippen molar-refractivity contribution in [3.05, 3.63) is 90.3 Å². The van der Waals surface area contributed by atoms with Gasteiger partial charge in [-0.05, 0) is 35.6 Å². The number of benzene rings is 3. The maximum Gasteiger partial charge on any atom is 0.127 e. The van der Waals surface area contributed by atoms with Crippen LogP contribution in [0.3, 0.4) is 0 Å². The van der Waals surface area contributed by atoms with E-state index >= 15 is 0 Å². The topological polar surface area (TPSA) is 15.7 Å². The van der Waals surface area contributed by atoms with Crippen LogP contribution in [0.4, 0.5) is 0 Å². The van der Waals surface area contributed by atoms with E-state index in [-0.39, 0.29) is 0 Å². The molecule has 0 saturated carbocycles. The zero-order valence-electron chi connectivity index (χ0n) is 15.3. The monoisotopic (exact) mass is 344 g/mol. The summed E-state index contributed by atoms with van der Waals surface area (Å²) in [6.07, 6.45) is 4.67. The second kappa shape index (κ2) is 7.12. The Morgan fingerprint density at radius 3 is 2.50 bits per heavy atom. The quantitative estimate of drug-likeness (QED) is 0.649. The lowest BCUT2D eigenvalue weighted by molar-refractivity contribution is 0.189. The fraction of sp³-hybridized carbons (Fsp3) is 0.217. The van der Waals surface area contributed by atoms with Crippen LogP contribution in [0.15, 0.2) is 79.1 Å². The summed E-state index contributed by atoms with van der Waals surface area (Å²) in [5.74, 6) is 0.940. The third kappa shape index (κ3) is 3.38. The highest BCUT2D eigenvalue weighted by Crippen LogP contribution is 2.28. The van der Waals surface area contributed by atoms with Gasteiger partial charge in [0.05, 0.1) is 6.17 Å². The van der Waals surface area contributed by atoms with Crippen LogP contribution in [-0.4, -0.2) is 23.0 Å². The third-order valence-electron chi connectivity index (χ3n) is 5.07. The first kappa shape index (κ1) is 16.5. The summed E-state index contributed by atoms with van der Waals surface area (Å²) in [6.45, 7) is 3.70. The van der Waals surface area contributed by atoms with Crippen LogP contribution >= 0.6 is 0 Å². The van der Waals surface area contributed by atoms with E-state index < -0.39 is 0 Å². The van der Waals surface area contributed by atoms with Crippen LogP contribution in [0.1, 0.15) is 18.1 Å². The third-order valence-corrected chi connectivity index (χ3v) is 5.07. The molecule has 3 nitrogen and oxygen atoms in total. The molecule has 0 aromatic heterocycles. The lowest BCUT2D eigenvalue weighted by Gasteiger charge is -2.27. The molecule has 3 aromatic carbocycles. The largest absolute Gasteiger partial charge is 0.488 e. The maximum atomic E-state index is 6.13. The molecule has 1 unspecified atom stereocenters. The van der Waals surface area contributed by atoms with Gasteiger partial charge in [0.15, 0.2) is 0 Å². The minimum Gasteiger partial charge on any atom is -0.488 e. The molecule has 1 atom stereocenters. The molecule has 0 fully saturated rings. The lowest BCUT2D eigenvalue weighted by atomic mass is 10.1. The molecular formula is C23H24N2O. The van der Waals surface area contributed by atoms with Gasteiger partial charge < -0.3 is 14.5 Å². The van der Waals surface area contributed by atoms with Crippen molar-refractivity contribution in [2.24, 2.45) is 0 Å². The summed E-state index contributed by atoms with van der Waals surface area (Å²) in [7, 11) is 2.11. The zero-order chi connectivity index (χ0) is 17.9. The van der Waals surface area contributed by atoms with Gasteiger partial charge in [0.25, 0.3) is 0 Å². The number of hydrogen-bond acceptors (Lipinski definition) is 3. The average Bonchev–Trinajstić information content (AvgIpc) is 2.99. The van der Waals surface area contributed by atoms with Crippen LogP contribution < -0.4 is 4.74 Å². The fourth-order valence-electron chi connectivity index (χ4n) is 3.32. The molecule has 0 spiro atoms. The summed E-state index contributed by atoms with van der Waals surface area (Å²) in [6, 6.07) is 23.2. The SMILES string of the molecule is CC1N(C)C=CN1Cc1ccc2cccc(OCc3ccccc3)c2c1. The normalized spacial score (nSPS) is 16.5. The fourth-order valence-corrected chi connectivity index (χ4v) is 3.32. The van der Waals surface area contributed by atoms with Crippen LogP contribution in [-0.2, 0) is 13.2 Å². The van der Waals surface area contributed by atoms with Crippen molar-refractivity contribution in [2.75, 3.05) is 7.05 Å². The second-order valence-corrected chi connectivity index (χ2v) is 6.85. The molecule has 0 radical (unpaired) electrons. The van der Waals surface area contributed by atoms with E-state index in [9.17, 15) is 0 Å². The molecular weight excluding hydrogens is 320 g/mol. The van der Waals surface area contributed by atoms with E-state index in [1.807, 2.05) is 18.2 Å². The van der Waals surface area contributed by atoms with E-state index in [2.05, 4.69) is 84.7 Å². The standard InChI is InChI=1S/C23H24N2O/c1-18-24(2)13-14-25(18)16-20-11-12-21-9-6-10-23(22(21)15-20)26-17-19-7-4-3-5-8-19/h3-15,18H,16-17H2,1-2H3. The molecule has 1 aliphatic rings. The van der Waals surface area contributed by atoms with Crippen LogP contribution in [0.2, 0.25) is 0 Å². The Morgan fingerprint density at radius 2 is 1.73 bits per heavy atom. The van der Waals surface area contributed by atoms with Gasteiger partial charge in [-0.2, -0.15) is 0 Å². The van der Waals surface area contributed by atoms with Crippen LogP contribution in [0.25, 0.3) is 10.8 Å². The van der Waals surface area contributed by atoms with E-state index in [4.69, 9.17) is 4.74 Å². The maximum absolute atomic E-state index is 6.13. The molecule has 0 aliphatic carbocycles. The summed E-state index contributed by atoms with van der Waals surface area (Å²) in [5, 5.41) is 2.38. The van der Waals surface area contributed by atoms with Crippen molar-refractivity contribution in [3.8, 4) is 5.75 Å². The molecule has 0 saturated heterocycles. The number of fused-ring (bicyclic) bond motifs is 1. The highest BCUT2D eigenvalue weighted by Gasteiger charge is 2.18. The Bertz CT molecular complexity index is 920. The Morgan fingerprint density at radius 1 is 0.885 bits per heavy atom. The number of ether oxygens (including phenoxy) is 1. The van der Waals surface area contributed by atoms with Gasteiger partial charge in [0.1, 0.15) is 12.4 Å². The number of hydrogen-bond donors (Lipinski definition) is 0. The van der Waals surface area contributed by atoms with Crippen molar-refractivity contribution in [1.29, 1.82) is 0 Å². The smallest absolute Gasteiger partial charge is 0.127 e. The van der Waals surface area contributed by atoms with Crippen molar-refractivity contribution >= 4 is 10.8 Å². The summed E-state index contributed by atoms with van der Waals surface area (Å²) >= 11 is 0. The molecule has 132 valence electrons. The first-order chi connectivity index (χ1) is 12.7. The second-order valence-electron chi connectivity index (χ2n) is 6.85. The summed E-state index contributed by atoms with van der Waals surface area (Å²) < 4.78 is 6.13. The van der Waals surface area contributed by atoms with E-state index in [1.54, 1.807) is 0 Å². The zero-order valence-corrected chi connectivity index (χ0v) is 15.3. The van der Waals surface area contributed by atoms with Crippen LogP contribution in [0.5, 0.6) is 5.75 Å². The first-order valence-electron chi connectivity index (χ1n) is 9.05. The van der Waals surface area contributed by atoms with E-state index in [0.29, 0.717) is 12.8 Å². The highest BCUT2D eigenvalue weighted by molar-refractivity contribution is 5.88. The van der Waals surface area contributed by atoms with Crippen LogP contribution in [0, 0.1) is 0 Å². The predicted octanol–water partition coefficient (Wildman–Crippen LogP) is 4.98. The highest BCUT2D eigenvalue weighted by atomic mass is 16.5. The molecule has 0 N–H and O–H groups in total. The Kier molecular flexibility index (Phi) is 4.53. The minimum atomic E-state index is 0.385. The summed E-state index contributed by atoms with van der Waals surface area (Å²) in [4.78, 5) is 4.56. The van der Waals surface area contributed by atoms with Crippen molar-refractivity contribution in [3.63, 3.8) is 0 Å². The Labute approximate surface area is 155 Å². The van der Waals surface area contributed by atoms with E-state index in [0.717, 1.165) is 12.3 Å². The Hall–Kier alpha value is -2.94. The van der Waals surface area contributed by atoms with Gasteiger partial charge in [-0.15, -0.1) is 0 Å². The Balaban J connectivity index is 1.57. The molecule has 1 aliphatic heterocycles. The predicted molar refractivity (Wildman–Crippen MR) is 107 cm³/mol. The van der Waals surface area contributed by atoms with Gasteiger partial charge in [0.2, 0.25) is 0 Å². The van der Waals surface area contributed by atoms with Gasteiger partial charge in [0, 0.05) is 31.4 Å². The van der Waals surface area contributed by atoms with Gasteiger partial charge in [-0.1, -0.05) is 54.6 Å². The molecule has 3 heteroatoms. The van der Waals surface area contributed by atoms with Crippen molar-refractivity contribution in [2.45, 2.75) is 26.2 Å². The minimum absolute atomic E-state index is 0.385. The summed E-state index contributed by atoms with van der Waals surface area (Å²) in [5.41, 5.74) is 2.47. The lowest BCUT2D eigenvalue weighted by Crippen LogP contribution is -2.32. The molecule has 26 heavy (non-hydrogen) atoms.